The summed E-state index contributed by atoms with van der Waals surface area (Å²) in [5, 5.41) is 3.03. The first-order valence-corrected chi connectivity index (χ1v) is 9.99. The molecule has 1 amide bonds. The van der Waals surface area contributed by atoms with Crippen molar-refractivity contribution >= 4 is 21.4 Å². The highest BCUT2D eigenvalue weighted by Crippen LogP contribution is 2.23. The van der Waals surface area contributed by atoms with E-state index in [2.05, 4.69) is 19.2 Å². The Bertz CT molecular complexity index is 648. The quantitative estimate of drug-likeness (QED) is 0.860. The van der Waals surface area contributed by atoms with Crippen LogP contribution >= 0.6 is 0 Å². The molecule has 1 unspecified atom stereocenters. The Kier molecular flexibility index (Phi) is 5.81. The fourth-order valence-corrected chi connectivity index (χ4v) is 4.87. The van der Waals surface area contributed by atoms with Crippen LogP contribution in [0.2, 0.25) is 0 Å². The van der Waals surface area contributed by atoms with Crippen LogP contribution in [-0.2, 0) is 27.5 Å². The molecule has 1 aliphatic heterocycles. The lowest BCUT2D eigenvalue weighted by molar-refractivity contribution is -0.117. The van der Waals surface area contributed by atoms with Gasteiger partial charge in [-0.2, -0.15) is 0 Å². The Morgan fingerprint density at radius 1 is 1.26 bits per heavy atom. The lowest BCUT2D eigenvalue weighted by atomic mass is 10.0. The van der Waals surface area contributed by atoms with E-state index in [1.165, 1.54) is 0 Å². The Balaban J connectivity index is 2.03. The molecule has 1 aliphatic rings. The van der Waals surface area contributed by atoms with E-state index >= 15 is 0 Å². The first-order chi connectivity index (χ1) is 10.9. The van der Waals surface area contributed by atoms with Gasteiger partial charge in [0, 0.05) is 11.7 Å². The maximum Gasteiger partial charge on any atom is 0.238 e. The van der Waals surface area contributed by atoms with Crippen molar-refractivity contribution < 1.29 is 13.2 Å². The number of nitrogens with zero attached hydrogens (tertiary/aromatic N) is 1. The molecule has 1 saturated heterocycles. The van der Waals surface area contributed by atoms with Crippen molar-refractivity contribution in [1.82, 2.24) is 4.90 Å². The van der Waals surface area contributed by atoms with E-state index in [1.807, 2.05) is 30.1 Å². The molecule has 23 heavy (non-hydrogen) atoms. The van der Waals surface area contributed by atoms with Gasteiger partial charge in [-0.15, -0.1) is 0 Å². The van der Waals surface area contributed by atoms with Crippen molar-refractivity contribution in [2.45, 2.75) is 39.2 Å². The van der Waals surface area contributed by atoms with Gasteiger partial charge in [0.25, 0.3) is 0 Å². The summed E-state index contributed by atoms with van der Waals surface area (Å²) >= 11 is 0. The third-order valence-corrected chi connectivity index (χ3v) is 6.24. The Morgan fingerprint density at radius 3 is 2.35 bits per heavy atom. The van der Waals surface area contributed by atoms with Crippen LogP contribution in [0.3, 0.4) is 0 Å². The minimum atomic E-state index is -2.93. The van der Waals surface area contributed by atoms with E-state index in [9.17, 15) is 13.2 Å². The number of aryl methyl sites for hydroxylation is 2. The van der Waals surface area contributed by atoms with Crippen LogP contribution in [0.4, 0.5) is 5.69 Å². The van der Waals surface area contributed by atoms with Crippen molar-refractivity contribution in [3.8, 4) is 0 Å². The number of sulfone groups is 1. The highest BCUT2D eigenvalue weighted by Gasteiger charge is 2.31. The lowest BCUT2D eigenvalue weighted by Crippen LogP contribution is -2.38. The summed E-state index contributed by atoms with van der Waals surface area (Å²) in [6.45, 7) is 4.35. The Labute approximate surface area is 139 Å². The summed E-state index contributed by atoms with van der Waals surface area (Å²) in [5.41, 5.74) is 3.17. The van der Waals surface area contributed by atoms with E-state index < -0.39 is 9.84 Å². The minimum Gasteiger partial charge on any atom is -0.324 e. The summed E-state index contributed by atoms with van der Waals surface area (Å²) in [6, 6.07) is 6.02. The number of hydrogen-bond donors (Lipinski definition) is 1. The molecule has 1 aromatic carbocycles. The fourth-order valence-electron chi connectivity index (χ4n) is 3.06. The third-order valence-electron chi connectivity index (χ3n) is 4.49. The molecule has 0 spiro atoms. The monoisotopic (exact) mass is 338 g/mol. The average molecular weight is 338 g/mol. The zero-order valence-electron chi connectivity index (χ0n) is 14.1. The molecule has 0 aromatic heterocycles. The summed E-state index contributed by atoms with van der Waals surface area (Å²) in [7, 11) is -1.11. The number of amides is 1. The van der Waals surface area contributed by atoms with E-state index in [0.29, 0.717) is 6.42 Å². The zero-order valence-corrected chi connectivity index (χ0v) is 14.9. The lowest BCUT2D eigenvalue weighted by Gasteiger charge is -2.23. The van der Waals surface area contributed by atoms with Gasteiger partial charge in [0.15, 0.2) is 9.84 Å². The second-order valence-corrected chi connectivity index (χ2v) is 8.41. The van der Waals surface area contributed by atoms with E-state index in [4.69, 9.17) is 0 Å². The number of likely N-dealkylation sites (N-methyl/N-ethyl adjacent to an activating group) is 1. The highest BCUT2D eigenvalue weighted by atomic mass is 32.2. The number of rotatable bonds is 6. The number of carbonyl (C=O) groups excluding carboxylic acids is 1. The molecule has 1 heterocycles. The summed E-state index contributed by atoms with van der Waals surface area (Å²) in [6.07, 6.45) is 2.33. The molecular weight excluding hydrogens is 312 g/mol. The molecule has 0 bridgehead atoms. The maximum atomic E-state index is 12.4. The molecule has 0 radical (unpaired) electrons. The van der Waals surface area contributed by atoms with E-state index in [-0.39, 0.29) is 30.0 Å². The molecule has 1 aromatic rings. The van der Waals surface area contributed by atoms with Crippen molar-refractivity contribution in [2.24, 2.45) is 0 Å². The number of anilines is 1. The molecule has 0 saturated carbocycles. The number of carbonyl (C=O) groups is 1. The molecule has 2 rings (SSSR count). The number of benzene rings is 1. The predicted octanol–water partition coefficient (Wildman–Crippen LogP) is 1.87. The fraction of sp³-hybridized carbons (Fsp3) is 0.588. The SMILES string of the molecule is CCc1cccc(CC)c1NC(=O)CN(C)C1CCS(=O)(=O)C1. The molecule has 5 nitrogen and oxygen atoms in total. The third kappa shape index (κ3) is 4.54. The maximum absolute atomic E-state index is 12.4. The van der Waals surface area contributed by atoms with Gasteiger partial charge in [0.2, 0.25) is 5.91 Å². The van der Waals surface area contributed by atoms with E-state index in [0.717, 1.165) is 29.7 Å². The Morgan fingerprint density at radius 2 is 1.87 bits per heavy atom. The van der Waals surface area contributed by atoms with Crippen LogP contribution in [-0.4, -0.2) is 50.4 Å². The number of nitrogens with one attached hydrogen (secondary N) is 1. The van der Waals surface area contributed by atoms with Gasteiger partial charge in [-0.05, 0) is 37.4 Å². The summed E-state index contributed by atoms with van der Waals surface area (Å²) in [5.74, 6) is 0.289. The zero-order chi connectivity index (χ0) is 17.0. The van der Waals surface area contributed by atoms with Gasteiger partial charge in [-0.1, -0.05) is 32.0 Å². The average Bonchev–Trinajstić information content (AvgIpc) is 2.87. The van der Waals surface area contributed by atoms with Gasteiger partial charge in [0.1, 0.15) is 0 Å². The van der Waals surface area contributed by atoms with Crippen LogP contribution in [0.5, 0.6) is 0 Å². The first-order valence-electron chi connectivity index (χ1n) is 8.17. The number of hydrogen-bond acceptors (Lipinski definition) is 4. The van der Waals surface area contributed by atoms with Gasteiger partial charge in [0.05, 0.1) is 18.1 Å². The topological polar surface area (TPSA) is 66.5 Å². The van der Waals surface area contributed by atoms with Gasteiger partial charge < -0.3 is 5.32 Å². The largest absolute Gasteiger partial charge is 0.324 e. The molecular formula is C17H26N2O3S. The van der Waals surface area contributed by atoms with Crippen LogP contribution < -0.4 is 5.32 Å². The Hall–Kier alpha value is -1.40. The number of para-hydroxylation sites is 1. The molecule has 1 atom stereocenters. The molecule has 128 valence electrons. The summed E-state index contributed by atoms with van der Waals surface area (Å²) < 4.78 is 23.1. The first kappa shape index (κ1) is 17.9. The summed E-state index contributed by atoms with van der Waals surface area (Å²) in [4.78, 5) is 14.2. The van der Waals surface area contributed by atoms with Crippen molar-refractivity contribution in [1.29, 1.82) is 0 Å². The molecule has 0 aliphatic carbocycles. The molecule has 6 heteroatoms. The van der Waals surface area contributed by atoms with Gasteiger partial charge in [-0.25, -0.2) is 8.42 Å². The van der Waals surface area contributed by atoms with Crippen LogP contribution in [0.1, 0.15) is 31.4 Å². The van der Waals surface area contributed by atoms with Gasteiger partial charge in [-0.3, -0.25) is 9.69 Å². The second kappa shape index (κ2) is 7.45. The molecule has 1 fully saturated rings. The highest BCUT2D eigenvalue weighted by molar-refractivity contribution is 7.91. The standard InChI is InChI=1S/C17H26N2O3S/c1-4-13-7-6-8-14(5-2)17(13)18-16(20)11-19(3)15-9-10-23(21,22)12-15/h6-8,15H,4-5,9-12H2,1-3H3,(H,18,20). The van der Waals surface area contributed by atoms with Crippen molar-refractivity contribution in [3.63, 3.8) is 0 Å². The van der Waals surface area contributed by atoms with Crippen molar-refractivity contribution in [3.05, 3.63) is 29.3 Å². The smallest absolute Gasteiger partial charge is 0.238 e. The van der Waals surface area contributed by atoms with Crippen LogP contribution in [0.25, 0.3) is 0 Å². The predicted molar refractivity (Wildman–Crippen MR) is 93.5 cm³/mol. The normalized spacial score (nSPS) is 19.9. The van der Waals surface area contributed by atoms with Gasteiger partial charge >= 0.3 is 0 Å². The molecule has 1 N–H and O–H groups in total. The van der Waals surface area contributed by atoms with Crippen LogP contribution in [0, 0.1) is 0 Å². The van der Waals surface area contributed by atoms with E-state index in [1.54, 1.807) is 0 Å². The van der Waals surface area contributed by atoms with Crippen molar-refractivity contribution in [2.75, 3.05) is 30.4 Å². The second-order valence-electron chi connectivity index (χ2n) is 6.18. The van der Waals surface area contributed by atoms with Crippen LogP contribution in [0.15, 0.2) is 18.2 Å². The minimum absolute atomic E-state index is 0.0576.